The van der Waals surface area contributed by atoms with Gasteiger partial charge in [0.15, 0.2) is 0 Å². The summed E-state index contributed by atoms with van der Waals surface area (Å²) in [4.78, 5) is 44.0. The van der Waals surface area contributed by atoms with E-state index in [1.165, 1.54) is 13.8 Å². The lowest BCUT2D eigenvalue weighted by molar-refractivity contribution is -0.149. The maximum Gasteiger partial charge on any atom is 0.326 e. The number of methoxy groups -OCH3 is 1. The summed E-state index contributed by atoms with van der Waals surface area (Å²) in [5.41, 5.74) is 0. The van der Waals surface area contributed by atoms with Crippen LogP contribution in [0.15, 0.2) is 0 Å². The zero-order valence-corrected chi connectivity index (χ0v) is 10.4. The highest BCUT2D eigenvalue weighted by Crippen LogP contribution is 1.96. The van der Waals surface area contributed by atoms with Gasteiger partial charge in [0.2, 0.25) is 11.8 Å². The molecule has 0 saturated heterocycles. The fourth-order valence-corrected chi connectivity index (χ4v) is 1.12. The van der Waals surface area contributed by atoms with Gasteiger partial charge >= 0.3 is 11.9 Å². The van der Waals surface area contributed by atoms with E-state index in [1.807, 2.05) is 0 Å². The van der Waals surface area contributed by atoms with Crippen molar-refractivity contribution in [3.05, 3.63) is 0 Å². The molecule has 0 aliphatic carbocycles. The number of hydrogen-bond acceptors (Lipinski definition) is 5. The molecule has 0 fully saturated rings. The first kappa shape index (κ1) is 15.9. The van der Waals surface area contributed by atoms with E-state index in [0.29, 0.717) is 0 Å². The molecular formula is C10H16N2O6. The minimum atomic E-state index is -1.39. The van der Waals surface area contributed by atoms with Gasteiger partial charge in [-0.3, -0.25) is 14.4 Å². The summed E-state index contributed by atoms with van der Waals surface area (Å²) in [6, 6.07) is -2.27. The molecule has 2 amide bonds. The highest BCUT2D eigenvalue weighted by atomic mass is 16.5. The van der Waals surface area contributed by atoms with Crippen LogP contribution in [0, 0.1) is 0 Å². The number of ether oxygens (including phenoxy) is 1. The molecule has 0 saturated carbocycles. The molecule has 0 aromatic carbocycles. The normalized spacial score (nSPS) is 13.1. The third-order valence-electron chi connectivity index (χ3n) is 2.03. The van der Waals surface area contributed by atoms with E-state index in [9.17, 15) is 19.2 Å². The second-order valence-corrected chi connectivity index (χ2v) is 3.60. The van der Waals surface area contributed by atoms with Crippen LogP contribution in [0.25, 0.3) is 0 Å². The van der Waals surface area contributed by atoms with Gasteiger partial charge in [-0.05, 0) is 6.92 Å². The summed E-state index contributed by atoms with van der Waals surface area (Å²) in [5.74, 6) is -3.22. The number of esters is 1. The van der Waals surface area contributed by atoms with Gasteiger partial charge in [0.25, 0.3) is 0 Å². The minimum Gasteiger partial charge on any atom is -0.480 e. The van der Waals surface area contributed by atoms with Crippen LogP contribution >= 0.6 is 0 Å². The lowest BCUT2D eigenvalue weighted by atomic mass is 10.2. The summed E-state index contributed by atoms with van der Waals surface area (Å²) in [5, 5.41) is 13.2. The predicted molar refractivity (Wildman–Crippen MR) is 59.5 cm³/mol. The molecular weight excluding hydrogens is 244 g/mol. The minimum absolute atomic E-state index is 0.419. The third-order valence-corrected chi connectivity index (χ3v) is 2.03. The van der Waals surface area contributed by atoms with Gasteiger partial charge < -0.3 is 20.5 Å². The Labute approximate surface area is 104 Å². The number of nitrogens with one attached hydrogen (secondary N) is 2. The molecule has 0 aromatic heterocycles. The fraction of sp³-hybridized carbons (Fsp3) is 0.600. The average molecular weight is 260 g/mol. The number of carboxylic acid groups (broad SMARTS) is 1. The van der Waals surface area contributed by atoms with Gasteiger partial charge in [-0.15, -0.1) is 0 Å². The van der Waals surface area contributed by atoms with E-state index in [1.54, 1.807) is 0 Å². The van der Waals surface area contributed by atoms with Gasteiger partial charge in [-0.2, -0.15) is 0 Å². The van der Waals surface area contributed by atoms with Crippen molar-refractivity contribution in [3.63, 3.8) is 0 Å². The summed E-state index contributed by atoms with van der Waals surface area (Å²) < 4.78 is 4.31. The second kappa shape index (κ2) is 7.25. The Hall–Kier alpha value is -2.12. The summed E-state index contributed by atoms with van der Waals surface area (Å²) >= 11 is 0. The Bertz CT molecular complexity index is 354. The third kappa shape index (κ3) is 5.83. The van der Waals surface area contributed by atoms with Crippen molar-refractivity contribution in [2.75, 3.05) is 7.11 Å². The van der Waals surface area contributed by atoms with Crippen LogP contribution in [-0.2, 0) is 23.9 Å². The first-order valence-corrected chi connectivity index (χ1v) is 5.15. The molecule has 3 N–H and O–H groups in total. The maximum atomic E-state index is 11.5. The Balaban J connectivity index is 4.49. The van der Waals surface area contributed by atoms with E-state index >= 15 is 0 Å². The molecule has 0 bridgehead atoms. The van der Waals surface area contributed by atoms with Gasteiger partial charge in [0.1, 0.15) is 12.1 Å². The number of carbonyl (C=O) groups is 4. The molecule has 2 atom stereocenters. The molecule has 18 heavy (non-hydrogen) atoms. The summed E-state index contributed by atoms with van der Waals surface area (Å²) in [7, 11) is 1.11. The lowest BCUT2D eigenvalue weighted by Gasteiger charge is -2.17. The van der Waals surface area contributed by atoms with Gasteiger partial charge in [-0.1, -0.05) is 0 Å². The van der Waals surface area contributed by atoms with Crippen LogP contribution in [0.5, 0.6) is 0 Å². The molecule has 0 radical (unpaired) electrons. The van der Waals surface area contributed by atoms with Crippen molar-refractivity contribution in [3.8, 4) is 0 Å². The van der Waals surface area contributed by atoms with E-state index in [2.05, 4.69) is 15.4 Å². The molecule has 8 heteroatoms. The van der Waals surface area contributed by atoms with Crippen LogP contribution in [-0.4, -0.2) is 48.1 Å². The molecule has 1 unspecified atom stereocenters. The number of amides is 2. The second-order valence-electron chi connectivity index (χ2n) is 3.60. The Morgan fingerprint density at radius 2 is 1.78 bits per heavy atom. The number of hydrogen-bond donors (Lipinski definition) is 3. The zero-order chi connectivity index (χ0) is 14.3. The van der Waals surface area contributed by atoms with Gasteiger partial charge in [0, 0.05) is 6.92 Å². The lowest BCUT2D eigenvalue weighted by Crippen LogP contribution is -2.50. The van der Waals surface area contributed by atoms with Crippen LogP contribution in [0.2, 0.25) is 0 Å². The molecule has 0 rings (SSSR count). The van der Waals surface area contributed by atoms with Crippen LogP contribution < -0.4 is 10.6 Å². The molecule has 102 valence electrons. The Morgan fingerprint density at radius 1 is 1.22 bits per heavy atom. The van der Waals surface area contributed by atoms with Gasteiger partial charge in [0.05, 0.1) is 13.5 Å². The monoisotopic (exact) mass is 260 g/mol. The molecule has 0 spiro atoms. The fourth-order valence-electron chi connectivity index (χ4n) is 1.12. The van der Waals surface area contributed by atoms with E-state index in [4.69, 9.17) is 5.11 Å². The highest BCUT2D eigenvalue weighted by molar-refractivity contribution is 5.91. The molecule has 0 heterocycles. The van der Waals surface area contributed by atoms with Crippen molar-refractivity contribution in [2.45, 2.75) is 32.4 Å². The molecule has 8 nitrogen and oxygen atoms in total. The van der Waals surface area contributed by atoms with E-state index < -0.39 is 42.3 Å². The number of carboxylic acids is 1. The molecule has 0 aliphatic heterocycles. The first-order chi connectivity index (χ1) is 8.27. The van der Waals surface area contributed by atoms with E-state index in [-0.39, 0.29) is 0 Å². The summed E-state index contributed by atoms with van der Waals surface area (Å²) in [6.07, 6.45) is -0.482. The van der Waals surface area contributed by atoms with Crippen molar-refractivity contribution in [2.24, 2.45) is 0 Å². The predicted octanol–water partition coefficient (Wildman–Crippen LogP) is -1.36. The maximum absolute atomic E-state index is 11.5. The molecule has 0 aromatic rings. The van der Waals surface area contributed by atoms with Crippen molar-refractivity contribution in [1.82, 2.24) is 10.6 Å². The Morgan fingerprint density at radius 3 is 2.17 bits per heavy atom. The molecule has 0 aliphatic rings. The van der Waals surface area contributed by atoms with Crippen molar-refractivity contribution >= 4 is 23.8 Å². The first-order valence-electron chi connectivity index (χ1n) is 5.15. The summed E-state index contributed by atoms with van der Waals surface area (Å²) in [6.45, 7) is 2.63. The zero-order valence-electron chi connectivity index (χ0n) is 10.4. The number of carbonyl (C=O) groups excluding carboxylic acids is 3. The van der Waals surface area contributed by atoms with Crippen LogP contribution in [0.3, 0.4) is 0 Å². The highest BCUT2D eigenvalue weighted by Gasteiger charge is 2.25. The smallest absolute Gasteiger partial charge is 0.326 e. The SMILES string of the molecule is COC(=O)C[C@H](NC(=O)C(C)NC(C)=O)C(=O)O. The number of rotatable bonds is 6. The van der Waals surface area contributed by atoms with Crippen LogP contribution in [0.4, 0.5) is 0 Å². The van der Waals surface area contributed by atoms with Gasteiger partial charge in [-0.25, -0.2) is 4.79 Å². The topological polar surface area (TPSA) is 122 Å². The van der Waals surface area contributed by atoms with Crippen LogP contribution in [0.1, 0.15) is 20.3 Å². The van der Waals surface area contributed by atoms with Crippen molar-refractivity contribution < 1.29 is 29.0 Å². The van der Waals surface area contributed by atoms with E-state index in [0.717, 1.165) is 7.11 Å². The largest absolute Gasteiger partial charge is 0.480 e. The number of aliphatic carboxylic acids is 1. The average Bonchev–Trinajstić information content (AvgIpc) is 2.26. The standard InChI is InChI=1S/C10H16N2O6/c1-5(11-6(2)13)9(15)12-7(10(16)17)4-8(14)18-3/h5,7H,4H2,1-3H3,(H,11,13)(H,12,15)(H,16,17)/t5?,7-/m0/s1. The van der Waals surface area contributed by atoms with Crippen molar-refractivity contribution in [1.29, 1.82) is 0 Å². The Kier molecular flexibility index (Phi) is 6.40. The quantitative estimate of drug-likeness (QED) is 0.507.